The highest BCUT2D eigenvalue weighted by Crippen LogP contribution is 2.39. The normalized spacial score (nSPS) is 15.8. The summed E-state index contributed by atoms with van der Waals surface area (Å²) in [6, 6.07) is 4.28. The first-order chi connectivity index (χ1) is 16.7. The fraction of sp³-hybridized carbons (Fsp3) is 0.409. The predicted molar refractivity (Wildman–Crippen MR) is 125 cm³/mol. The number of alkyl carbamates (subject to hydrolysis) is 1. The van der Waals surface area contributed by atoms with E-state index >= 15 is 4.39 Å². The summed E-state index contributed by atoms with van der Waals surface area (Å²) in [5, 5.41) is 12.8. The zero-order chi connectivity index (χ0) is 26.8. The molecule has 1 fully saturated rings. The second-order valence-corrected chi connectivity index (χ2v) is 10.4. The molecule has 2 amide bonds. The van der Waals surface area contributed by atoms with Gasteiger partial charge in [0.1, 0.15) is 35.4 Å². The van der Waals surface area contributed by atoms with Gasteiger partial charge >= 0.3 is 22.3 Å². The third-order valence-corrected chi connectivity index (χ3v) is 6.30. The molecule has 0 spiro atoms. The summed E-state index contributed by atoms with van der Waals surface area (Å²) in [6.45, 7) is 4.22. The molecule has 36 heavy (non-hydrogen) atoms. The molecule has 0 aromatic heterocycles. The number of phenolic OH excluding ortho intramolecular Hbond substituents is 1. The molecule has 3 N–H and O–H groups in total. The number of fused-ring (bicyclic) bond motifs is 1. The van der Waals surface area contributed by atoms with E-state index in [1.54, 1.807) is 25.5 Å². The standard InChI is InChI=1S/C22H26FN3O9S/c1-22(2,3)35-21(30)24-15(20(29)33-4)7-8-34-13-6-5-12-9-16(27)19(18(23)14(12)10-13)26-11-17(28)25-36(26,31)32/h5-6,9-10,15,27H,7-8,11H2,1-4H3,(H,24,30)(H,25,28)/t15-/m0/s1. The summed E-state index contributed by atoms with van der Waals surface area (Å²) in [6.07, 6.45) is -0.824. The lowest BCUT2D eigenvalue weighted by Gasteiger charge is -2.22. The van der Waals surface area contributed by atoms with Crippen molar-refractivity contribution >= 4 is 44.6 Å². The number of nitrogens with zero attached hydrogens (tertiary/aromatic N) is 1. The Bertz CT molecular complexity index is 1310. The second-order valence-electron chi connectivity index (χ2n) is 8.84. The van der Waals surface area contributed by atoms with Gasteiger partial charge in [0.2, 0.25) is 0 Å². The zero-order valence-corrected chi connectivity index (χ0v) is 20.8. The number of amides is 2. The summed E-state index contributed by atoms with van der Waals surface area (Å²) in [7, 11) is -3.19. The van der Waals surface area contributed by atoms with Crippen molar-refractivity contribution in [3.63, 3.8) is 0 Å². The molecular weight excluding hydrogens is 501 g/mol. The van der Waals surface area contributed by atoms with Gasteiger partial charge in [-0.3, -0.25) is 4.79 Å². The van der Waals surface area contributed by atoms with E-state index in [9.17, 15) is 27.9 Å². The third kappa shape index (κ3) is 6.05. The predicted octanol–water partition coefficient (Wildman–Crippen LogP) is 1.70. The molecule has 1 heterocycles. The average molecular weight is 528 g/mol. The number of carbonyl (C=O) groups excluding carboxylic acids is 3. The number of benzene rings is 2. The monoisotopic (exact) mass is 527 g/mol. The van der Waals surface area contributed by atoms with E-state index in [4.69, 9.17) is 14.2 Å². The SMILES string of the molecule is COC(=O)[C@H](CCOc1ccc2cc(O)c(N3CC(=O)NS3(=O)=O)c(F)c2c1)NC(=O)OC(C)(C)C. The minimum atomic E-state index is -4.36. The molecule has 196 valence electrons. The highest BCUT2D eigenvalue weighted by Gasteiger charge is 2.38. The smallest absolute Gasteiger partial charge is 0.408 e. The third-order valence-electron chi connectivity index (χ3n) is 4.93. The number of anilines is 1. The number of carbonyl (C=O) groups is 3. The number of phenols is 1. The molecule has 0 bridgehead atoms. The van der Waals surface area contributed by atoms with Crippen molar-refractivity contribution in [2.24, 2.45) is 0 Å². The molecule has 2 aromatic carbocycles. The van der Waals surface area contributed by atoms with Gasteiger partial charge in [-0.25, -0.2) is 23.0 Å². The lowest BCUT2D eigenvalue weighted by molar-refractivity contribution is -0.143. The average Bonchev–Trinajstić information content (AvgIpc) is 3.03. The summed E-state index contributed by atoms with van der Waals surface area (Å²) < 4.78 is 57.2. The van der Waals surface area contributed by atoms with Crippen LogP contribution < -0.4 is 19.1 Å². The molecule has 1 saturated heterocycles. The lowest BCUT2D eigenvalue weighted by atomic mass is 10.1. The van der Waals surface area contributed by atoms with Crippen LogP contribution in [0.2, 0.25) is 0 Å². The molecular formula is C22H26FN3O9S. The highest BCUT2D eigenvalue weighted by atomic mass is 32.2. The summed E-state index contributed by atoms with van der Waals surface area (Å²) in [4.78, 5) is 35.6. The fourth-order valence-electron chi connectivity index (χ4n) is 3.42. The summed E-state index contributed by atoms with van der Waals surface area (Å²) in [5.41, 5.74) is -1.45. The van der Waals surface area contributed by atoms with E-state index in [1.807, 2.05) is 0 Å². The number of ether oxygens (including phenoxy) is 3. The maximum atomic E-state index is 15.3. The van der Waals surface area contributed by atoms with Crippen LogP contribution in [0.25, 0.3) is 10.8 Å². The van der Waals surface area contributed by atoms with Crippen LogP contribution >= 0.6 is 0 Å². The van der Waals surface area contributed by atoms with E-state index in [-0.39, 0.29) is 29.5 Å². The van der Waals surface area contributed by atoms with Crippen molar-refractivity contribution in [2.75, 3.05) is 24.6 Å². The Morgan fingerprint density at radius 2 is 1.97 bits per heavy atom. The van der Waals surface area contributed by atoms with Crippen molar-refractivity contribution in [3.05, 3.63) is 30.1 Å². The van der Waals surface area contributed by atoms with E-state index in [0.29, 0.717) is 4.31 Å². The number of hydrogen-bond acceptors (Lipinski definition) is 9. The van der Waals surface area contributed by atoms with Gasteiger partial charge in [-0.2, -0.15) is 8.42 Å². The van der Waals surface area contributed by atoms with Gasteiger partial charge in [-0.15, -0.1) is 0 Å². The Morgan fingerprint density at radius 1 is 1.28 bits per heavy atom. The van der Waals surface area contributed by atoms with Crippen LogP contribution in [0.4, 0.5) is 14.9 Å². The van der Waals surface area contributed by atoms with Crippen molar-refractivity contribution in [1.29, 1.82) is 0 Å². The number of hydrogen-bond donors (Lipinski definition) is 3. The first kappa shape index (κ1) is 26.8. The van der Waals surface area contributed by atoms with E-state index < -0.39 is 63.6 Å². The Labute approximate surface area is 206 Å². The molecule has 0 aliphatic carbocycles. The maximum absolute atomic E-state index is 15.3. The zero-order valence-electron chi connectivity index (χ0n) is 20.0. The van der Waals surface area contributed by atoms with Crippen LogP contribution in [0.3, 0.4) is 0 Å². The molecule has 2 aromatic rings. The van der Waals surface area contributed by atoms with Crippen molar-refractivity contribution in [2.45, 2.75) is 38.8 Å². The van der Waals surface area contributed by atoms with Crippen LogP contribution in [0.5, 0.6) is 11.5 Å². The number of esters is 1. The molecule has 3 rings (SSSR count). The van der Waals surface area contributed by atoms with Gasteiger partial charge in [0.25, 0.3) is 5.91 Å². The van der Waals surface area contributed by atoms with Crippen molar-refractivity contribution < 1.29 is 46.5 Å². The van der Waals surface area contributed by atoms with Crippen molar-refractivity contribution in [3.8, 4) is 11.5 Å². The van der Waals surface area contributed by atoms with Crippen LogP contribution in [0, 0.1) is 5.82 Å². The molecule has 12 nitrogen and oxygen atoms in total. The molecule has 1 aliphatic rings. The topological polar surface area (TPSA) is 161 Å². The number of halogens is 1. The van der Waals surface area contributed by atoms with Gasteiger partial charge in [-0.05, 0) is 44.4 Å². The van der Waals surface area contributed by atoms with Gasteiger partial charge in [0, 0.05) is 11.8 Å². The number of aromatic hydroxyl groups is 1. The quantitative estimate of drug-likeness (QED) is 0.455. The summed E-state index contributed by atoms with van der Waals surface area (Å²) in [5.74, 6) is -3.16. The Kier molecular flexibility index (Phi) is 7.48. The number of methoxy groups -OCH3 is 1. The van der Waals surface area contributed by atoms with E-state index in [0.717, 1.165) is 13.2 Å². The van der Waals surface area contributed by atoms with Gasteiger partial charge in [0.15, 0.2) is 5.82 Å². The van der Waals surface area contributed by atoms with Gasteiger partial charge in [-0.1, -0.05) is 6.07 Å². The van der Waals surface area contributed by atoms with Crippen LogP contribution in [0.1, 0.15) is 27.2 Å². The number of nitrogens with one attached hydrogen (secondary N) is 2. The molecule has 14 heteroatoms. The first-order valence-corrected chi connectivity index (χ1v) is 12.1. The Morgan fingerprint density at radius 3 is 2.56 bits per heavy atom. The molecule has 0 radical (unpaired) electrons. The van der Waals surface area contributed by atoms with Gasteiger partial charge in [0.05, 0.1) is 13.7 Å². The Hall–Kier alpha value is -3.81. The molecule has 1 aliphatic heterocycles. The lowest BCUT2D eigenvalue weighted by Crippen LogP contribution is -2.44. The summed E-state index contributed by atoms with van der Waals surface area (Å²) >= 11 is 0. The molecule has 0 unspecified atom stereocenters. The minimum absolute atomic E-state index is 0.00688. The molecule has 1 atom stereocenters. The largest absolute Gasteiger partial charge is 0.506 e. The maximum Gasteiger partial charge on any atom is 0.408 e. The highest BCUT2D eigenvalue weighted by molar-refractivity contribution is 7.92. The van der Waals surface area contributed by atoms with Gasteiger partial charge < -0.3 is 24.6 Å². The Balaban J connectivity index is 1.78. The van der Waals surface area contributed by atoms with E-state index in [2.05, 4.69) is 5.32 Å². The fourth-order valence-corrected chi connectivity index (χ4v) is 4.58. The van der Waals surface area contributed by atoms with Crippen LogP contribution in [0.15, 0.2) is 24.3 Å². The van der Waals surface area contributed by atoms with E-state index in [1.165, 1.54) is 18.2 Å². The molecule has 0 saturated carbocycles. The van der Waals surface area contributed by atoms with Crippen LogP contribution in [-0.2, 0) is 29.3 Å². The van der Waals surface area contributed by atoms with Crippen LogP contribution in [-0.4, -0.2) is 63.4 Å². The minimum Gasteiger partial charge on any atom is -0.506 e. The van der Waals surface area contributed by atoms with Crippen molar-refractivity contribution in [1.82, 2.24) is 10.0 Å². The number of rotatable bonds is 7. The first-order valence-electron chi connectivity index (χ1n) is 10.7. The second kappa shape index (κ2) is 10.0.